The highest BCUT2D eigenvalue weighted by Gasteiger charge is 2.25. The number of rotatable bonds is 10. The van der Waals surface area contributed by atoms with Crippen molar-refractivity contribution in [3.05, 3.63) is 113 Å². The third-order valence-electron chi connectivity index (χ3n) is 5.64. The van der Waals surface area contributed by atoms with Crippen molar-refractivity contribution in [1.82, 2.24) is 14.3 Å². The van der Waals surface area contributed by atoms with Crippen molar-refractivity contribution >= 4 is 27.6 Å². The second kappa shape index (κ2) is 11.4. The number of benzene rings is 3. The lowest BCUT2D eigenvalue weighted by Gasteiger charge is -2.23. The number of hydrogen-bond donors (Lipinski definition) is 1. The summed E-state index contributed by atoms with van der Waals surface area (Å²) < 4.78 is 28.7. The van der Waals surface area contributed by atoms with E-state index < -0.39 is 16.0 Å². The van der Waals surface area contributed by atoms with Gasteiger partial charge in [0.15, 0.2) is 0 Å². The summed E-state index contributed by atoms with van der Waals surface area (Å²) in [5.41, 5.74) is 4.22. The molecule has 3 aromatic carbocycles. The van der Waals surface area contributed by atoms with Crippen molar-refractivity contribution in [2.45, 2.75) is 30.8 Å². The highest BCUT2D eigenvalue weighted by atomic mass is 35.5. The van der Waals surface area contributed by atoms with E-state index in [0.717, 1.165) is 27.8 Å². The minimum absolute atomic E-state index is 0.00897. The largest absolute Gasteiger partial charge is 0.481 e. The van der Waals surface area contributed by atoms with Gasteiger partial charge in [0.1, 0.15) is 6.33 Å². The lowest BCUT2D eigenvalue weighted by Crippen LogP contribution is -2.30. The number of sulfonamides is 1. The van der Waals surface area contributed by atoms with E-state index in [1.165, 1.54) is 22.8 Å². The Hall–Kier alpha value is -3.59. The van der Waals surface area contributed by atoms with E-state index in [9.17, 15) is 13.2 Å². The van der Waals surface area contributed by atoms with Gasteiger partial charge in [-0.1, -0.05) is 60.1 Å². The third kappa shape index (κ3) is 6.54. The molecular formula is C27H24ClN3O4S. The summed E-state index contributed by atoms with van der Waals surface area (Å²) >= 11 is 5.98. The molecule has 0 bridgehead atoms. The first kappa shape index (κ1) is 25.5. The second-order valence-electron chi connectivity index (χ2n) is 8.26. The third-order valence-corrected chi connectivity index (χ3v) is 7.69. The van der Waals surface area contributed by atoms with Crippen LogP contribution in [-0.2, 0) is 34.3 Å². The molecule has 7 nitrogen and oxygen atoms in total. The van der Waals surface area contributed by atoms with Crippen molar-refractivity contribution in [3.8, 4) is 11.1 Å². The fraction of sp³-hybridized carbons (Fsp3) is 0.148. The van der Waals surface area contributed by atoms with Gasteiger partial charge < -0.3 is 5.11 Å². The van der Waals surface area contributed by atoms with Crippen molar-refractivity contribution in [1.29, 1.82) is 0 Å². The van der Waals surface area contributed by atoms with E-state index in [4.69, 9.17) is 16.7 Å². The smallest absolute Gasteiger partial charge is 0.303 e. The Kier molecular flexibility index (Phi) is 8.10. The second-order valence-corrected chi connectivity index (χ2v) is 10.6. The van der Waals surface area contributed by atoms with Gasteiger partial charge in [-0.3, -0.25) is 4.79 Å². The summed E-state index contributed by atoms with van der Waals surface area (Å²) in [6.45, 7) is 0.274. The Bertz CT molecular complexity index is 1430. The molecule has 0 amide bonds. The number of aryl methyl sites for hydroxylation is 1. The van der Waals surface area contributed by atoms with Gasteiger partial charge in [0.25, 0.3) is 0 Å². The molecule has 36 heavy (non-hydrogen) atoms. The molecule has 1 heterocycles. The Labute approximate surface area is 215 Å². The maximum absolute atomic E-state index is 13.6. The first-order valence-electron chi connectivity index (χ1n) is 11.2. The molecule has 1 aromatic heterocycles. The molecule has 9 heteroatoms. The van der Waals surface area contributed by atoms with Crippen LogP contribution >= 0.6 is 11.6 Å². The minimum Gasteiger partial charge on any atom is -0.481 e. The molecule has 0 unspecified atom stereocenters. The summed E-state index contributed by atoms with van der Waals surface area (Å²) in [6.07, 6.45) is 5.29. The van der Waals surface area contributed by atoms with E-state index >= 15 is 0 Å². The van der Waals surface area contributed by atoms with Crippen molar-refractivity contribution < 1.29 is 18.3 Å². The first-order valence-corrected chi connectivity index (χ1v) is 13.0. The molecule has 0 aliphatic rings. The molecule has 0 fully saturated rings. The van der Waals surface area contributed by atoms with E-state index in [1.807, 2.05) is 48.5 Å². The molecular weight excluding hydrogens is 498 g/mol. The molecule has 0 radical (unpaired) electrons. The van der Waals surface area contributed by atoms with Crippen LogP contribution in [0.5, 0.6) is 0 Å². The van der Waals surface area contributed by atoms with Crippen LogP contribution in [0.4, 0.5) is 0 Å². The van der Waals surface area contributed by atoms with Crippen LogP contribution in [0.2, 0.25) is 5.02 Å². The molecule has 4 aromatic rings. The van der Waals surface area contributed by atoms with Gasteiger partial charge in [-0.15, -0.1) is 0 Å². The number of aliphatic carboxylic acids is 1. The summed E-state index contributed by atoms with van der Waals surface area (Å²) in [5.74, 6) is -0.877. The summed E-state index contributed by atoms with van der Waals surface area (Å²) in [7, 11) is -3.85. The molecule has 184 valence electrons. The lowest BCUT2D eigenvalue weighted by molar-refractivity contribution is -0.136. The van der Waals surface area contributed by atoms with Crippen molar-refractivity contribution in [2.75, 3.05) is 0 Å². The van der Waals surface area contributed by atoms with Crippen LogP contribution in [0.25, 0.3) is 11.1 Å². The van der Waals surface area contributed by atoms with Crippen LogP contribution in [0.3, 0.4) is 0 Å². The molecule has 0 spiro atoms. The van der Waals surface area contributed by atoms with Gasteiger partial charge in [0.2, 0.25) is 10.0 Å². The SMILES string of the molecule is O=C(O)CCc1cccc(CN(Cc2ccc(-c3cncnc3)cc2)S(=O)(=O)c2ccc(Cl)cc2)c1. The minimum atomic E-state index is -3.85. The zero-order valence-electron chi connectivity index (χ0n) is 19.3. The Morgan fingerprint density at radius 3 is 2.14 bits per heavy atom. The highest BCUT2D eigenvalue weighted by molar-refractivity contribution is 7.89. The summed E-state index contributed by atoms with van der Waals surface area (Å²) in [5, 5.41) is 9.45. The number of aromatic nitrogens is 2. The van der Waals surface area contributed by atoms with Gasteiger partial charge in [-0.05, 0) is 52.9 Å². The number of hydrogen-bond acceptors (Lipinski definition) is 5. The molecule has 0 saturated heterocycles. The zero-order chi connectivity index (χ0) is 25.5. The Balaban J connectivity index is 1.63. The maximum atomic E-state index is 13.6. The average Bonchev–Trinajstić information content (AvgIpc) is 2.88. The van der Waals surface area contributed by atoms with Gasteiger partial charge in [-0.25, -0.2) is 18.4 Å². The topological polar surface area (TPSA) is 100 Å². The molecule has 4 rings (SSSR count). The van der Waals surface area contributed by atoms with Gasteiger partial charge in [0, 0.05) is 42.5 Å². The van der Waals surface area contributed by atoms with Gasteiger partial charge >= 0.3 is 5.97 Å². The number of halogens is 1. The highest BCUT2D eigenvalue weighted by Crippen LogP contribution is 2.25. The normalized spacial score (nSPS) is 11.5. The van der Waals surface area contributed by atoms with E-state index in [1.54, 1.807) is 24.5 Å². The monoisotopic (exact) mass is 521 g/mol. The van der Waals surface area contributed by atoms with E-state index in [2.05, 4.69) is 9.97 Å². The molecule has 1 N–H and O–H groups in total. The molecule has 0 aliphatic carbocycles. The lowest BCUT2D eigenvalue weighted by atomic mass is 10.1. The fourth-order valence-electron chi connectivity index (χ4n) is 3.77. The number of carboxylic acids is 1. The van der Waals surface area contributed by atoms with Crippen LogP contribution in [0, 0.1) is 0 Å². The van der Waals surface area contributed by atoms with Gasteiger partial charge in [-0.2, -0.15) is 4.31 Å². The number of nitrogens with zero attached hydrogens (tertiary/aromatic N) is 3. The molecule has 0 saturated carbocycles. The zero-order valence-corrected chi connectivity index (χ0v) is 20.9. The van der Waals surface area contributed by atoms with Crippen molar-refractivity contribution in [2.24, 2.45) is 0 Å². The Morgan fingerprint density at radius 1 is 0.833 bits per heavy atom. The van der Waals surface area contributed by atoms with E-state index in [0.29, 0.717) is 11.4 Å². The van der Waals surface area contributed by atoms with Crippen LogP contribution in [0.15, 0.2) is 96.4 Å². The van der Waals surface area contributed by atoms with Crippen molar-refractivity contribution in [3.63, 3.8) is 0 Å². The van der Waals surface area contributed by atoms with Crippen LogP contribution < -0.4 is 0 Å². The molecule has 0 aliphatic heterocycles. The quantitative estimate of drug-likeness (QED) is 0.307. The number of carbonyl (C=O) groups is 1. The predicted octanol–water partition coefficient (Wildman–Crippen LogP) is 5.21. The number of carboxylic acid groups (broad SMARTS) is 1. The fourth-order valence-corrected chi connectivity index (χ4v) is 5.32. The van der Waals surface area contributed by atoms with Gasteiger partial charge in [0.05, 0.1) is 4.90 Å². The molecule has 0 atom stereocenters. The van der Waals surface area contributed by atoms with Crippen LogP contribution in [0.1, 0.15) is 23.1 Å². The first-order chi connectivity index (χ1) is 17.3. The Morgan fingerprint density at radius 2 is 1.47 bits per heavy atom. The predicted molar refractivity (Wildman–Crippen MR) is 138 cm³/mol. The standard InChI is InChI=1S/C27H24ClN3O4S/c28-25-9-11-26(12-10-25)36(34,35)31(18-22-3-1-2-20(14-22)6-13-27(32)33)17-21-4-7-23(8-5-21)24-15-29-19-30-16-24/h1-5,7-12,14-16,19H,6,13,17-18H2,(H,32,33). The average molecular weight is 522 g/mol. The van der Waals surface area contributed by atoms with Crippen LogP contribution in [-0.4, -0.2) is 33.8 Å². The van der Waals surface area contributed by atoms with E-state index in [-0.39, 0.29) is 24.4 Å². The summed E-state index contributed by atoms with van der Waals surface area (Å²) in [6, 6.07) is 21.0. The maximum Gasteiger partial charge on any atom is 0.303 e. The summed E-state index contributed by atoms with van der Waals surface area (Å²) in [4.78, 5) is 19.2.